The Morgan fingerprint density at radius 3 is 2.59 bits per heavy atom. The summed E-state index contributed by atoms with van der Waals surface area (Å²) in [6.45, 7) is 4.70. The van der Waals surface area contributed by atoms with Crippen molar-refractivity contribution in [3.05, 3.63) is 18.2 Å². The molecular weight excluding hydrogens is 370 g/mol. The average Bonchev–Trinajstić information content (AvgIpc) is 3.47. The molecule has 1 amide bonds. The van der Waals surface area contributed by atoms with Gasteiger partial charge in [0.05, 0.1) is 29.7 Å². The van der Waals surface area contributed by atoms with E-state index in [1.165, 1.54) is 19.1 Å². The van der Waals surface area contributed by atoms with Gasteiger partial charge in [0.25, 0.3) is 0 Å². The second-order valence-electron chi connectivity index (χ2n) is 7.39. The van der Waals surface area contributed by atoms with E-state index >= 15 is 0 Å². The van der Waals surface area contributed by atoms with Gasteiger partial charge in [-0.1, -0.05) is 0 Å². The lowest BCUT2D eigenvalue weighted by Crippen LogP contribution is -2.57. The molecule has 8 nitrogen and oxygen atoms in total. The Hall–Kier alpha value is -1.84. The molecule has 1 aliphatic carbocycles. The molecular formula is C18H27N3O5S. The first-order valence-electron chi connectivity index (χ1n) is 9.19. The molecule has 1 aliphatic heterocycles. The molecule has 0 spiro atoms. The van der Waals surface area contributed by atoms with Crippen molar-refractivity contribution in [2.45, 2.75) is 49.6 Å². The Kier molecular flexibility index (Phi) is 5.64. The molecule has 1 aromatic carbocycles. The molecule has 2 atom stereocenters. The van der Waals surface area contributed by atoms with Crippen LogP contribution >= 0.6 is 0 Å². The number of sulfonamides is 1. The number of fused-ring (bicyclic) bond motifs is 1. The lowest BCUT2D eigenvalue weighted by molar-refractivity contribution is -0.124. The van der Waals surface area contributed by atoms with E-state index in [2.05, 4.69) is 10.0 Å². The summed E-state index contributed by atoms with van der Waals surface area (Å²) in [6, 6.07) is 3.49. The van der Waals surface area contributed by atoms with Gasteiger partial charge in [-0.15, -0.1) is 0 Å². The van der Waals surface area contributed by atoms with Gasteiger partial charge in [0.1, 0.15) is 0 Å². The van der Waals surface area contributed by atoms with Gasteiger partial charge in [-0.05, 0) is 44.7 Å². The fourth-order valence-corrected chi connectivity index (χ4v) is 4.31. The first kappa shape index (κ1) is 19.9. The van der Waals surface area contributed by atoms with Crippen molar-refractivity contribution in [2.75, 3.05) is 19.8 Å². The number of hydrogen-bond acceptors (Lipinski definition) is 6. The number of nitrogens with two attached hydrogens (primary N) is 1. The molecule has 0 aromatic heterocycles. The number of carbonyl (C=O) groups is 1. The second kappa shape index (κ2) is 7.65. The number of rotatable bonds is 7. The lowest BCUT2D eigenvalue weighted by atomic mass is 9.95. The van der Waals surface area contributed by atoms with Gasteiger partial charge in [0.2, 0.25) is 15.9 Å². The highest BCUT2D eigenvalue weighted by Crippen LogP contribution is 2.39. The first-order valence-corrected chi connectivity index (χ1v) is 10.7. The predicted molar refractivity (Wildman–Crippen MR) is 100 cm³/mol. The molecule has 4 N–H and O–H groups in total. The molecule has 2 unspecified atom stereocenters. The minimum absolute atomic E-state index is 0.0233. The SMILES string of the molecule is CC(NS(=O)(=O)c1ccc2c(c1)OCCCO2)C(=O)NC(C)(CN)C1CC1. The summed E-state index contributed by atoms with van der Waals surface area (Å²) in [5, 5.41) is 2.90. The average molecular weight is 397 g/mol. The molecule has 3 rings (SSSR count). The molecule has 2 aliphatic rings. The summed E-state index contributed by atoms with van der Waals surface area (Å²) in [6.07, 6.45) is 2.77. The molecule has 0 saturated heterocycles. The van der Waals surface area contributed by atoms with Crippen molar-refractivity contribution in [3.8, 4) is 11.5 Å². The van der Waals surface area contributed by atoms with Gasteiger partial charge < -0.3 is 20.5 Å². The Balaban J connectivity index is 1.70. The van der Waals surface area contributed by atoms with Crippen LogP contribution in [-0.2, 0) is 14.8 Å². The summed E-state index contributed by atoms with van der Waals surface area (Å²) < 4.78 is 38.9. The largest absolute Gasteiger partial charge is 0.490 e. The molecule has 0 bridgehead atoms. The number of amides is 1. The zero-order valence-corrected chi connectivity index (χ0v) is 16.5. The van der Waals surface area contributed by atoms with Gasteiger partial charge in [-0.2, -0.15) is 4.72 Å². The fourth-order valence-electron chi connectivity index (χ4n) is 3.09. The van der Waals surface area contributed by atoms with Crippen LogP contribution in [0.3, 0.4) is 0 Å². The third-order valence-electron chi connectivity index (χ3n) is 5.07. The zero-order valence-electron chi connectivity index (χ0n) is 15.7. The van der Waals surface area contributed by atoms with Crippen LogP contribution in [0.1, 0.15) is 33.1 Å². The number of nitrogens with one attached hydrogen (secondary N) is 2. The molecule has 9 heteroatoms. The van der Waals surface area contributed by atoms with Crippen LogP contribution in [-0.4, -0.2) is 45.7 Å². The van der Waals surface area contributed by atoms with E-state index in [1.807, 2.05) is 6.92 Å². The number of benzene rings is 1. The van der Waals surface area contributed by atoms with Gasteiger partial charge >= 0.3 is 0 Å². The van der Waals surface area contributed by atoms with E-state index in [9.17, 15) is 13.2 Å². The molecule has 0 radical (unpaired) electrons. The standard InChI is InChI=1S/C18H27N3O5S/c1-12(17(22)20-18(2,11-19)13-4-5-13)21-27(23,24)14-6-7-15-16(10-14)26-9-3-8-25-15/h6-7,10,12-13,21H,3-5,8-9,11,19H2,1-2H3,(H,20,22). The zero-order chi connectivity index (χ0) is 19.7. The first-order chi connectivity index (χ1) is 12.7. The number of ether oxygens (including phenoxy) is 2. The van der Waals surface area contributed by atoms with Crippen molar-refractivity contribution >= 4 is 15.9 Å². The van der Waals surface area contributed by atoms with Crippen LogP contribution in [0.2, 0.25) is 0 Å². The van der Waals surface area contributed by atoms with Gasteiger partial charge in [-0.3, -0.25) is 4.79 Å². The van der Waals surface area contributed by atoms with Crippen LogP contribution in [0.5, 0.6) is 11.5 Å². The summed E-state index contributed by atoms with van der Waals surface area (Å²) in [4.78, 5) is 12.5. The molecule has 1 fully saturated rings. The number of carbonyl (C=O) groups excluding carboxylic acids is 1. The Bertz CT molecular complexity index is 809. The molecule has 27 heavy (non-hydrogen) atoms. The maximum Gasteiger partial charge on any atom is 0.241 e. The van der Waals surface area contributed by atoms with E-state index in [1.54, 1.807) is 6.07 Å². The Morgan fingerprint density at radius 1 is 1.30 bits per heavy atom. The summed E-state index contributed by atoms with van der Waals surface area (Å²) in [7, 11) is -3.89. The van der Waals surface area contributed by atoms with Crippen molar-refractivity contribution < 1.29 is 22.7 Å². The minimum Gasteiger partial charge on any atom is -0.490 e. The van der Waals surface area contributed by atoms with Gasteiger partial charge in [0, 0.05) is 19.0 Å². The topological polar surface area (TPSA) is 120 Å². The highest BCUT2D eigenvalue weighted by molar-refractivity contribution is 7.89. The molecule has 1 aromatic rings. The molecule has 150 valence electrons. The highest BCUT2D eigenvalue weighted by atomic mass is 32.2. The van der Waals surface area contributed by atoms with Gasteiger partial charge in [-0.25, -0.2) is 8.42 Å². The Labute approximate surface area is 159 Å². The van der Waals surface area contributed by atoms with Gasteiger partial charge in [0.15, 0.2) is 11.5 Å². The lowest BCUT2D eigenvalue weighted by Gasteiger charge is -2.31. The predicted octanol–water partition coefficient (Wildman–Crippen LogP) is 0.758. The van der Waals surface area contributed by atoms with Crippen LogP contribution in [0.15, 0.2) is 23.1 Å². The minimum atomic E-state index is -3.89. The molecule has 1 saturated carbocycles. The summed E-state index contributed by atoms with van der Waals surface area (Å²) in [5.74, 6) is 0.849. The van der Waals surface area contributed by atoms with E-state index < -0.39 is 27.5 Å². The van der Waals surface area contributed by atoms with E-state index in [0.717, 1.165) is 19.3 Å². The monoisotopic (exact) mass is 397 g/mol. The van der Waals surface area contributed by atoms with Crippen LogP contribution in [0.4, 0.5) is 0 Å². The van der Waals surface area contributed by atoms with Crippen LogP contribution in [0, 0.1) is 5.92 Å². The van der Waals surface area contributed by atoms with Crippen LogP contribution in [0.25, 0.3) is 0 Å². The van der Waals surface area contributed by atoms with Crippen molar-refractivity contribution in [1.82, 2.24) is 10.0 Å². The van der Waals surface area contributed by atoms with E-state index in [-0.39, 0.29) is 4.90 Å². The van der Waals surface area contributed by atoms with E-state index in [4.69, 9.17) is 15.2 Å². The van der Waals surface area contributed by atoms with Crippen LogP contribution < -0.4 is 25.2 Å². The highest BCUT2D eigenvalue weighted by Gasteiger charge is 2.42. The fraction of sp³-hybridized carbons (Fsp3) is 0.611. The summed E-state index contributed by atoms with van der Waals surface area (Å²) >= 11 is 0. The smallest absolute Gasteiger partial charge is 0.241 e. The quantitative estimate of drug-likeness (QED) is 0.625. The third-order valence-corrected chi connectivity index (χ3v) is 6.60. The number of hydrogen-bond donors (Lipinski definition) is 3. The second-order valence-corrected chi connectivity index (χ2v) is 9.10. The molecule has 1 heterocycles. The third kappa shape index (κ3) is 4.53. The maximum atomic E-state index is 12.7. The summed E-state index contributed by atoms with van der Waals surface area (Å²) in [5.41, 5.74) is 5.31. The van der Waals surface area contributed by atoms with Crippen molar-refractivity contribution in [1.29, 1.82) is 0 Å². The van der Waals surface area contributed by atoms with E-state index in [0.29, 0.717) is 37.2 Å². The van der Waals surface area contributed by atoms with Crippen molar-refractivity contribution in [3.63, 3.8) is 0 Å². The van der Waals surface area contributed by atoms with Crippen molar-refractivity contribution in [2.24, 2.45) is 11.7 Å². The Morgan fingerprint density at radius 2 is 1.96 bits per heavy atom. The normalized spacial score (nSPS) is 20.3. The maximum absolute atomic E-state index is 12.7.